The summed E-state index contributed by atoms with van der Waals surface area (Å²) in [4.78, 5) is 4.32. The maximum Gasteiger partial charge on any atom is 0.215 e. The van der Waals surface area contributed by atoms with Crippen LogP contribution in [-0.4, -0.2) is 21.4 Å². The van der Waals surface area contributed by atoms with Crippen LogP contribution in [0, 0.1) is 6.92 Å². The second kappa shape index (κ2) is 4.13. The molecule has 15 heavy (non-hydrogen) atoms. The monoisotopic (exact) mass is 203 g/mol. The molecule has 0 fully saturated rings. The average Bonchev–Trinajstić information content (AvgIpc) is 2.66. The Hall–Kier alpha value is -1.84. The molecular formula is C11H13N3O. The van der Waals surface area contributed by atoms with Crippen molar-refractivity contribution >= 4 is 0 Å². The predicted molar refractivity (Wildman–Crippen MR) is 57.3 cm³/mol. The van der Waals surface area contributed by atoms with Crippen molar-refractivity contribution in [2.45, 2.75) is 13.8 Å². The van der Waals surface area contributed by atoms with Crippen molar-refractivity contribution in [3.63, 3.8) is 0 Å². The summed E-state index contributed by atoms with van der Waals surface area (Å²) in [6.45, 7) is 4.50. The molecule has 0 spiro atoms. The first-order valence-corrected chi connectivity index (χ1v) is 4.92. The highest BCUT2D eigenvalue weighted by Gasteiger charge is 2.01. The molecule has 0 unspecified atom stereocenters. The summed E-state index contributed by atoms with van der Waals surface area (Å²) < 4.78 is 7.06. The molecule has 78 valence electrons. The van der Waals surface area contributed by atoms with Crippen LogP contribution in [0.4, 0.5) is 0 Å². The van der Waals surface area contributed by atoms with Crippen molar-refractivity contribution < 1.29 is 4.74 Å². The first-order chi connectivity index (χ1) is 7.29. The van der Waals surface area contributed by atoms with E-state index in [9.17, 15) is 0 Å². The second-order valence-corrected chi connectivity index (χ2v) is 3.17. The lowest BCUT2D eigenvalue weighted by Crippen LogP contribution is -2.01. The lowest BCUT2D eigenvalue weighted by molar-refractivity contribution is 0.326. The van der Waals surface area contributed by atoms with Crippen LogP contribution in [0.5, 0.6) is 5.88 Å². The third-order valence-electron chi connectivity index (χ3n) is 1.96. The van der Waals surface area contributed by atoms with Crippen molar-refractivity contribution in [2.75, 3.05) is 6.61 Å². The standard InChI is InChI=1S/C11H13N3O/c1-3-15-11-6-4-5-10(12-11)14-8-7-9(2)13-14/h4-8H,3H2,1-2H3. The molecule has 0 radical (unpaired) electrons. The number of hydrogen-bond donors (Lipinski definition) is 0. The maximum atomic E-state index is 5.32. The molecule has 0 aliphatic heterocycles. The molecule has 0 aliphatic carbocycles. The zero-order valence-electron chi connectivity index (χ0n) is 8.84. The molecule has 0 amide bonds. The summed E-state index contributed by atoms with van der Waals surface area (Å²) >= 11 is 0. The SMILES string of the molecule is CCOc1cccc(-n2ccc(C)n2)n1. The van der Waals surface area contributed by atoms with Gasteiger partial charge in [0.15, 0.2) is 5.82 Å². The van der Waals surface area contributed by atoms with E-state index in [4.69, 9.17) is 4.74 Å². The normalized spacial score (nSPS) is 10.3. The van der Waals surface area contributed by atoms with Gasteiger partial charge in [-0.1, -0.05) is 6.07 Å². The molecule has 2 aromatic rings. The summed E-state index contributed by atoms with van der Waals surface area (Å²) in [5.74, 6) is 1.40. The number of ether oxygens (including phenoxy) is 1. The molecule has 4 heteroatoms. The Bertz CT molecular complexity index is 451. The number of rotatable bonds is 3. The van der Waals surface area contributed by atoms with Crippen LogP contribution in [0.2, 0.25) is 0 Å². The van der Waals surface area contributed by atoms with E-state index in [1.54, 1.807) is 4.68 Å². The Morgan fingerprint density at radius 2 is 2.20 bits per heavy atom. The maximum absolute atomic E-state index is 5.32. The van der Waals surface area contributed by atoms with Gasteiger partial charge in [-0.3, -0.25) is 0 Å². The zero-order valence-corrected chi connectivity index (χ0v) is 8.84. The fourth-order valence-electron chi connectivity index (χ4n) is 1.30. The van der Waals surface area contributed by atoms with E-state index < -0.39 is 0 Å². The summed E-state index contributed by atoms with van der Waals surface area (Å²) in [6.07, 6.45) is 1.88. The van der Waals surface area contributed by atoms with Gasteiger partial charge in [-0.25, -0.2) is 4.68 Å². The molecule has 2 heterocycles. The van der Waals surface area contributed by atoms with Crippen molar-refractivity contribution in [3.8, 4) is 11.7 Å². The zero-order chi connectivity index (χ0) is 10.7. The van der Waals surface area contributed by atoms with Gasteiger partial charge in [-0.2, -0.15) is 10.1 Å². The molecule has 2 rings (SSSR count). The number of hydrogen-bond acceptors (Lipinski definition) is 3. The number of aromatic nitrogens is 3. The lowest BCUT2D eigenvalue weighted by atomic mass is 10.4. The number of nitrogens with zero attached hydrogens (tertiary/aromatic N) is 3. The molecule has 0 atom stereocenters. The summed E-state index contributed by atoms with van der Waals surface area (Å²) in [6, 6.07) is 7.58. The summed E-state index contributed by atoms with van der Waals surface area (Å²) in [7, 11) is 0. The lowest BCUT2D eigenvalue weighted by Gasteiger charge is -2.04. The molecule has 2 aromatic heterocycles. The minimum absolute atomic E-state index is 0.620. The quantitative estimate of drug-likeness (QED) is 0.765. The molecule has 0 aliphatic rings. The first-order valence-electron chi connectivity index (χ1n) is 4.92. The highest BCUT2D eigenvalue weighted by Crippen LogP contribution is 2.10. The van der Waals surface area contributed by atoms with Gasteiger partial charge in [-0.15, -0.1) is 0 Å². The molecule has 0 saturated heterocycles. The van der Waals surface area contributed by atoms with Crippen LogP contribution in [-0.2, 0) is 0 Å². The minimum atomic E-state index is 0.620. The van der Waals surface area contributed by atoms with E-state index in [0.717, 1.165) is 11.5 Å². The van der Waals surface area contributed by atoms with Gasteiger partial charge >= 0.3 is 0 Å². The van der Waals surface area contributed by atoms with Crippen LogP contribution in [0.15, 0.2) is 30.5 Å². The van der Waals surface area contributed by atoms with Crippen LogP contribution >= 0.6 is 0 Å². The minimum Gasteiger partial charge on any atom is -0.478 e. The van der Waals surface area contributed by atoms with Gasteiger partial charge < -0.3 is 4.74 Å². The molecular weight excluding hydrogens is 190 g/mol. The molecule has 0 saturated carbocycles. The second-order valence-electron chi connectivity index (χ2n) is 3.17. The van der Waals surface area contributed by atoms with Crippen LogP contribution in [0.25, 0.3) is 5.82 Å². The smallest absolute Gasteiger partial charge is 0.215 e. The third kappa shape index (κ3) is 2.15. The fraction of sp³-hybridized carbons (Fsp3) is 0.273. The van der Waals surface area contributed by atoms with Crippen molar-refractivity contribution in [1.29, 1.82) is 0 Å². The van der Waals surface area contributed by atoms with Gasteiger partial charge in [-0.05, 0) is 26.0 Å². The van der Waals surface area contributed by atoms with E-state index in [0.29, 0.717) is 12.5 Å². The Morgan fingerprint density at radius 1 is 1.33 bits per heavy atom. The highest BCUT2D eigenvalue weighted by atomic mass is 16.5. The Balaban J connectivity index is 2.32. The average molecular weight is 203 g/mol. The van der Waals surface area contributed by atoms with Gasteiger partial charge in [0, 0.05) is 12.3 Å². The number of pyridine rings is 1. The Labute approximate surface area is 88.5 Å². The van der Waals surface area contributed by atoms with E-state index in [-0.39, 0.29) is 0 Å². The predicted octanol–water partition coefficient (Wildman–Crippen LogP) is 1.97. The molecule has 0 aromatic carbocycles. The van der Waals surface area contributed by atoms with Crippen molar-refractivity contribution in [3.05, 3.63) is 36.2 Å². The van der Waals surface area contributed by atoms with Gasteiger partial charge in [0.05, 0.1) is 12.3 Å². The van der Waals surface area contributed by atoms with Crippen molar-refractivity contribution in [2.24, 2.45) is 0 Å². The van der Waals surface area contributed by atoms with Crippen molar-refractivity contribution in [1.82, 2.24) is 14.8 Å². The first kappa shape index (κ1) is 9.71. The third-order valence-corrected chi connectivity index (χ3v) is 1.96. The van der Waals surface area contributed by atoms with Crippen LogP contribution < -0.4 is 4.74 Å². The van der Waals surface area contributed by atoms with E-state index >= 15 is 0 Å². The molecule has 0 N–H and O–H groups in total. The Kier molecular flexibility index (Phi) is 2.67. The van der Waals surface area contributed by atoms with E-state index in [1.165, 1.54) is 0 Å². The Morgan fingerprint density at radius 3 is 2.87 bits per heavy atom. The molecule has 4 nitrogen and oxygen atoms in total. The summed E-state index contributed by atoms with van der Waals surface area (Å²) in [5, 5.41) is 4.28. The van der Waals surface area contributed by atoms with E-state index in [1.807, 2.05) is 44.3 Å². The molecule has 0 bridgehead atoms. The van der Waals surface area contributed by atoms with Gasteiger partial charge in [0.2, 0.25) is 5.88 Å². The number of aryl methyl sites for hydroxylation is 1. The van der Waals surface area contributed by atoms with Crippen LogP contribution in [0.1, 0.15) is 12.6 Å². The van der Waals surface area contributed by atoms with Gasteiger partial charge in [0.25, 0.3) is 0 Å². The highest BCUT2D eigenvalue weighted by molar-refractivity contribution is 5.26. The largest absolute Gasteiger partial charge is 0.478 e. The van der Waals surface area contributed by atoms with E-state index in [2.05, 4.69) is 10.1 Å². The topological polar surface area (TPSA) is 39.9 Å². The van der Waals surface area contributed by atoms with Crippen LogP contribution in [0.3, 0.4) is 0 Å². The summed E-state index contributed by atoms with van der Waals surface area (Å²) in [5.41, 5.74) is 0.971. The van der Waals surface area contributed by atoms with Gasteiger partial charge in [0.1, 0.15) is 0 Å². The fourth-order valence-corrected chi connectivity index (χ4v) is 1.30.